The summed E-state index contributed by atoms with van der Waals surface area (Å²) in [5.41, 5.74) is 9.46. The standard InChI is InChI=1S/C20H22N4O2/c1-2-12-26-20(25)16-17-19(23-15-11-7-6-10-14(15)22-17)24(18(16)21)13-8-4-3-5-9-13/h2,6-7,10-11,13H,1,3-5,8-9,12,21H2. The monoisotopic (exact) mass is 350 g/mol. The van der Waals surface area contributed by atoms with Gasteiger partial charge in [-0.2, -0.15) is 0 Å². The van der Waals surface area contributed by atoms with Crippen LogP contribution in [0.4, 0.5) is 5.82 Å². The van der Waals surface area contributed by atoms with E-state index >= 15 is 0 Å². The molecule has 0 atom stereocenters. The molecule has 0 bridgehead atoms. The van der Waals surface area contributed by atoms with Crippen molar-refractivity contribution in [3.05, 3.63) is 42.5 Å². The highest BCUT2D eigenvalue weighted by Gasteiger charge is 2.29. The second-order valence-electron chi connectivity index (χ2n) is 6.69. The summed E-state index contributed by atoms with van der Waals surface area (Å²) < 4.78 is 7.26. The first-order valence-electron chi connectivity index (χ1n) is 9.05. The van der Waals surface area contributed by atoms with Gasteiger partial charge in [0.1, 0.15) is 23.5 Å². The number of ether oxygens (including phenoxy) is 1. The van der Waals surface area contributed by atoms with Crippen LogP contribution < -0.4 is 5.73 Å². The van der Waals surface area contributed by atoms with E-state index in [1.165, 1.54) is 12.5 Å². The number of carbonyl (C=O) groups excluding carboxylic acids is 1. The average molecular weight is 350 g/mol. The molecule has 1 aliphatic carbocycles. The number of nitrogen functional groups attached to an aromatic ring is 1. The molecular formula is C20H22N4O2. The van der Waals surface area contributed by atoms with Gasteiger partial charge in [-0.25, -0.2) is 14.8 Å². The third-order valence-corrected chi connectivity index (χ3v) is 5.01. The minimum Gasteiger partial charge on any atom is -0.458 e. The molecule has 0 aliphatic heterocycles. The Balaban J connectivity index is 1.96. The Labute approximate surface area is 151 Å². The number of para-hydroxylation sites is 2. The van der Waals surface area contributed by atoms with Gasteiger partial charge < -0.3 is 15.0 Å². The Morgan fingerprint density at radius 2 is 1.92 bits per heavy atom. The minimum absolute atomic E-state index is 0.134. The number of carbonyl (C=O) groups is 1. The van der Waals surface area contributed by atoms with Crippen LogP contribution in [0.15, 0.2) is 36.9 Å². The molecule has 0 unspecified atom stereocenters. The SMILES string of the molecule is C=CCOC(=O)c1c(N)n(C2CCCCC2)c2nc3ccccc3nc12. The highest BCUT2D eigenvalue weighted by Crippen LogP contribution is 2.37. The molecule has 2 aromatic heterocycles. The summed E-state index contributed by atoms with van der Waals surface area (Å²) in [4.78, 5) is 22.1. The first-order chi connectivity index (χ1) is 12.7. The number of hydrogen-bond donors (Lipinski definition) is 1. The Bertz CT molecular complexity index is 986. The van der Waals surface area contributed by atoms with Crippen molar-refractivity contribution >= 4 is 34.0 Å². The molecule has 0 saturated heterocycles. The molecule has 6 heteroatoms. The van der Waals surface area contributed by atoms with Crippen molar-refractivity contribution in [1.82, 2.24) is 14.5 Å². The van der Waals surface area contributed by atoms with E-state index in [4.69, 9.17) is 20.4 Å². The van der Waals surface area contributed by atoms with Crippen molar-refractivity contribution in [3.63, 3.8) is 0 Å². The number of aromatic nitrogens is 3. The number of esters is 1. The fourth-order valence-corrected chi connectivity index (χ4v) is 3.80. The molecule has 4 rings (SSSR count). The van der Waals surface area contributed by atoms with Crippen LogP contribution in [0.1, 0.15) is 48.5 Å². The van der Waals surface area contributed by atoms with Gasteiger partial charge in [-0.1, -0.05) is 44.1 Å². The Kier molecular flexibility index (Phi) is 4.32. The molecule has 2 heterocycles. The normalized spacial score (nSPS) is 15.4. The van der Waals surface area contributed by atoms with Gasteiger partial charge in [0.25, 0.3) is 0 Å². The zero-order valence-electron chi connectivity index (χ0n) is 14.6. The summed E-state index contributed by atoms with van der Waals surface area (Å²) in [5, 5.41) is 0. The number of nitrogens with zero attached hydrogens (tertiary/aromatic N) is 3. The first kappa shape index (κ1) is 16.6. The van der Waals surface area contributed by atoms with Gasteiger partial charge in [-0.05, 0) is 25.0 Å². The minimum atomic E-state index is -0.480. The summed E-state index contributed by atoms with van der Waals surface area (Å²) >= 11 is 0. The maximum atomic E-state index is 12.6. The maximum absolute atomic E-state index is 12.6. The number of benzene rings is 1. The molecule has 0 amide bonds. The topological polar surface area (TPSA) is 83.0 Å². The third kappa shape index (κ3) is 2.71. The Morgan fingerprint density at radius 1 is 1.23 bits per heavy atom. The van der Waals surface area contributed by atoms with Crippen molar-refractivity contribution in [3.8, 4) is 0 Å². The number of fused-ring (bicyclic) bond motifs is 2. The van der Waals surface area contributed by atoms with E-state index in [-0.39, 0.29) is 12.6 Å². The largest absolute Gasteiger partial charge is 0.458 e. The van der Waals surface area contributed by atoms with Crippen molar-refractivity contribution in [2.24, 2.45) is 0 Å². The van der Waals surface area contributed by atoms with Crippen LogP contribution in [0, 0.1) is 0 Å². The fourth-order valence-electron chi connectivity index (χ4n) is 3.80. The van der Waals surface area contributed by atoms with Crippen LogP contribution >= 0.6 is 0 Å². The van der Waals surface area contributed by atoms with Crippen LogP contribution in [0.3, 0.4) is 0 Å². The zero-order valence-corrected chi connectivity index (χ0v) is 14.6. The number of hydrogen-bond acceptors (Lipinski definition) is 5. The van der Waals surface area contributed by atoms with Gasteiger partial charge in [0.15, 0.2) is 5.65 Å². The van der Waals surface area contributed by atoms with E-state index in [2.05, 4.69) is 6.58 Å². The molecule has 0 spiro atoms. The van der Waals surface area contributed by atoms with Gasteiger partial charge in [0.05, 0.1) is 11.0 Å². The molecule has 134 valence electrons. The van der Waals surface area contributed by atoms with Gasteiger partial charge in [0.2, 0.25) is 0 Å². The van der Waals surface area contributed by atoms with E-state index in [1.807, 2.05) is 28.8 Å². The van der Waals surface area contributed by atoms with E-state index < -0.39 is 5.97 Å². The number of nitrogens with two attached hydrogens (primary N) is 1. The lowest BCUT2D eigenvalue weighted by atomic mass is 9.95. The average Bonchev–Trinajstić information content (AvgIpc) is 2.95. The summed E-state index contributed by atoms with van der Waals surface area (Å²) in [7, 11) is 0. The predicted octanol–water partition coefficient (Wildman–Crippen LogP) is 4.01. The molecule has 3 aromatic rings. The van der Waals surface area contributed by atoms with Crippen molar-refractivity contribution in [2.45, 2.75) is 38.1 Å². The molecule has 1 aliphatic rings. The summed E-state index contributed by atoms with van der Waals surface area (Å²) in [5.74, 6) is -0.0807. The second kappa shape index (κ2) is 6.78. The van der Waals surface area contributed by atoms with Gasteiger partial charge >= 0.3 is 5.97 Å². The van der Waals surface area contributed by atoms with E-state index in [9.17, 15) is 4.79 Å². The lowest BCUT2D eigenvalue weighted by Gasteiger charge is -2.24. The van der Waals surface area contributed by atoms with Crippen LogP contribution in [0.2, 0.25) is 0 Å². The third-order valence-electron chi connectivity index (χ3n) is 5.01. The van der Waals surface area contributed by atoms with Crippen molar-refractivity contribution < 1.29 is 9.53 Å². The number of rotatable bonds is 4. The molecule has 2 N–H and O–H groups in total. The Hall–Kier alpha value is -2.89. The Morgan fingerprint density at radius 3 is 2.62 bits per heavy atom. The highest BCUT2D eigenvalue weighted by atomic mass is 16.5. The summed E-state index contributed by atoms with van der Waals surface area (Å²) in [6.45, 7) is 3.72. The number of anilines is 1. The fraction of sp³-hybridized carbons (Fsp3) is 0.350. The zero-order chi connectivity index (χ0) is 18.1. The van der Waals surface area contributed by atoms with Crippen molar-refractivity contribution in [2.75, 3.05) is 12.3 Å². The van der Waals surface area contributed by atoms with Crippen LogP contribution in [-0.4, -0.2) is 27.1 Å². The van der Waals surface area contributed by atoms with Crippen LogP contribution in [-0.2, 0) is 4.74 Å². The van der Waals surface area contributed by atoms with Crippen LogP contribution in [0.25, 0.3) is 22.2 Å². The molecular weight excluding hydrogens is 328 g/mol. The second-order valence-corrected chi connectivity index (χ2v) is 6.69. The lowest BCUT2D eigenvalue weighted by Crippen LogP contribution is -2.16. The van der Waals surface area contributed by atoms with Crippen LogP contribution in [0.5, 0.6) is 0 Å². The molecule has 6 nitrogen and oxygen atoms in total. The molecule has 26 heavy (non-hydrogen) atoms. The quantitative estimate of drug-likeness (QED) is 0.568. The maximum Gasteiger partial charge on any atom is 0.344 e. The van der Waals surface area contributed by atoms with Gasteiger partial charge in [-0.15, -0.1) is 0 Å². The molecule has 1 aromatic carbocycles. The lowest BCUT2D eigenvalue weighted by molar-refractivity contribution is 0.0553. The summed E-state index contributed by atoms with van der Waals surface area (Å²) in [6.07, 6.45) is 7.14. The first-order valence-corrected chi connectivity index (χ1v) is 9.05. The van der Waals surface area contributed by atoms with E-state index in [0.717, 1.165) is 36.7 Å². The van der Waals surface area contributed by atoms with Gasteiger partial charge in [-0.3, -0.25) is 0 Å². The molecule has 1 fully saturated rings. The smallest absolute Gasteiger partial charge is 0.344 e. The van der Waals surface area contributed by atoms with Crippen molar-refractivity contribution in [1.29, 1.82) is 0 Å². The van der Waals surface area contributed by atoms with E-state index in [0.29, 0.717) is 22.5 Å². The summed E-state index contributed by atoms with van der Waals surface area (Å²) in [6, 6.07) is 7.88. The van der Waals surface area contributed by atoms with E-state index in [1.54, 1.807) is 0 Å². The van der Waals surface area contributed by atoms with Gasteiger partial charge in [0, 0.05) is 6.04 Å². The highest BCUT2D eigenvalue weighted by molar-refractivity contribution is 6.08. The predicted molar refractivity (Wildman–Crippen MR) is 102 cm³/mol. The molecule has 0 radical (unpaired) electrons. The molecule has 1 saturated carbocycles.